The molecule has 2 N–H and O–H groups in total. The van der Waals surface area contributed by atoms with Crippen LogP contribution in [0.3, 0.4) is 0 Å². The minimum atomic E-state index is -0.0717. The molecule has 7 nitrogen and oxygen atoms in total. The van der Waals surface area contributed by atoms with Gasteiger partial charge in [-0.25, -0.2) is 0 Å². The van der Waals surface area contributed by atoms with Gasteiger partial charge < -0.3 is 20.1 Å². The van der Waals surface area contributed by atoms with E-state index >= 15 is 0 Å². The molecule has 2 aliphatic heterocycles. The number of nitrogens with zero attached hydrogens (tertiary/aromatic N) is 2. The first-order valence-electron chi connectivity index (χ1n) is 7.90. The van der Waals surface area contributed by atoms with E-state index in [4.69, 9.17) is 4.52 Å². The summed E-state index contributed by atoms with van der Waals surface area (Å²) in [6, 6.07) is 1.67. The maximum Gasteiger partial charge on any atom is 0.239 e. The molecule has 0 aromatic carbocycles. The molecule has 0 spiro atoms. The first kappa shape index (κ1) is 17.7. The molecule has 2 fully saturated rings. The van der Waals surface area contributed by atoms with Crippen LogP contribution in [0.2, 0.25) is 0 Å². The number of piperidine rings is 1. The molecule has 0 bridgehead atoms. The Bertz CT molecular complexity index is 549. The molecule has 3 heterocycles. The molecular weight excluding hydrogens is 320 g/mol. The first-order chi connectivity index (χ1) is 10.6. The van der Waals surface area contributed by atoms with Gasteiger partial charge in [-0.15, -0.1) is 12.4 Å². The maximum absolute atomic E-state index is 12.3. The van der Waals surface area contributed by atoms with Crippen molar-refractivity contribution in [3.05, 3.63) is 11.8 Å². The number of anilines is 1. The number of halogens is 1. The van der Waals surface area contributed by atoms with Crippen LogP contribution in [0, 0.1) is 12.8 Å². The zero-order chi connectivity index (χ0) is 15.5. The number of aryl methyl sites for hydroxylation is 1. The number of carbonyl (C=O) groups excluding carboxylic acids is 2. The highest BCUT2D eigenvalue weighted by molar-refractivity contribution is 5.92. The highest BCUT2D eigenvalue weighted by atomic mass is 35.5. The third-order valence-electron chi connectivity index (χ3n) is 4.42. The summed E-state index contributed by atoms with van der Waals surface area (Å²) in [6.07, 6.45) is 3.37. The largest absolute Gasteiger partial charge is 0.360 e. The zero-order valence-electron chi connectivity index (χ0n) is 13.2. The van der Waals surface area contributed by atoms with Gasteiger partial charge in [0.05, 0.1) is 6.04 Å². The lowest BCUT2D eigenvalue weighted by Crippen LogP contribution is -2.48. The minimum Gasteiger partial charge on any atom is -0.360 e. The Hall–Kier alpha value is -1.60. The van der Waals surface area contributed by atoms with E-state index in [1.807, 2.05) is 4.90 Å². The Balaban J connectivity index is 0.00000192. The molecule has 0 radical (unpaired) electrons. The predicted octanol–water partition coefficient (Wildman–Crippen LogP) is 1.33. The molecule has 128 valence electrons. The minimum absolute atomic E-state index is 0. The molecule has 1 atom stereocenters. The predicted molar refractivity (Wildman–Crippen MR) is 87.4 cm³/mol. The van der Waals surface area contributed by atoms with Crippen LogP contribution in [0.4, 0.5) is 5.82 Å². The molecule has 23 heavy (non-hydrogen) atoms. The van der Waals surface area contributed by atoms with Crippen molar-refractivity contribution in [2.75, 3.05) is 25.0 Å². The van der Waals surface area contributed by atoms with Gasteiger partial charge in [0.25, 0.3) is 0 Å². The monoisotopic (exact) mass is 342 g/mol. The van der Waals surface area contributed by atoms with E-state index in [0.29, 0.717) is 37.5 Å². The number of carbonyl (C=O) groups is 2. The summed E-state index contributed by atoms with van der Waals surface area (Å²) in [7, 11) is 0. The molecule has 8 heteroatoms. The summed E-state index contributed by atoms with van der Waals surface area (Å²) in [5, 5.41) is 9.77. The fourth-order valence-corrected chi connectivity index (χ4v) is 3.13. The van der Waals surface area contributed by atoms with Crippen LogP contribution in [0.1, 0.15) is 31.4 Å². The number of hydrogen-bond acceptors (Lipinski definition) is 5. The molecule has 3 rings (SSSR count). The van der Waals surface area contributed by atoms with E-state index in [-0.39, 0.29) is 36.2 Å². The lowest BCUT2D eigenvalue weighted by atomic mass is 9.95. The van der Waals surface area contributed by atoms with E-state index in [9.17, 15) is 9.59 Å². The van der Waals surface area contributed by atoms with Crippen LogP contribution in [0.15, 0.2) is 10.6 Å². The van der Waals surface area contributed by atoms with E-state index in [2.05, 4.69) is 15.8 Å². The summed E-state index contributed by atoms with van der Waals surface area (Å²) in [5.41, 5.74) is 0. The fourth-order valence-electron chi connectivity index (χ4n) is 3.13. The molecule has 1 aromatic rings. The van der Waals surface area contributed by atoms with E-state index < -0.39 is 0 Å². The highest BCUT2D eigenvalue weighted by Gasteiger charge is 2.32. The summed E-state index contributed by atoms with van der Waals surface area (Å²) in [5.74, 6) is 1.19. The van der Waals surface area contributed by atoms with Gasteiger partial charge in [-0.05, 0) is 39.2 Å². The normalized spacial score (nSPS) is 21.8. The molecular formula is C15H23ClN4O3. The average Bonchev–Trinajstić information content (AvgIpc) is 3.18. The Morgan fingerprint density at radius 2 is 2.09 bits per heavy atom. The Labute approximate surface area is 141 Å². The molecule has 2 amide bonds. The van der Waals surface area contributed by atoms with Gasteiger partial charge in [0, 0.05) is 25.1 Å². The summed E-state index contributed by atoms with van der Waals surface area (Å²) >= 11 is 0. The second-order valence-electron chi connectivity index (χ2n) is 6.06. The zero-order valence-corrected chi connectivity index (χ0v) is 14.0. The molecule has 0 saturated carbocycles. The number of rotatable bonds is 3. The number of nitrogens with one attached hydrogen (secondary N) is 2. The van der Waals surface area contributed by atoms with Crippen LogP contribution >= 0.6 is 12.4 Å². The first-order valence-corrected chi connectivity index (χ1v) is 7.90. The quantitative estimate of drug-likeness (QED) is 0.865. The van der Waals surface area contributed by atoms with Crippen LogP contribution in [0.25, 0.3) is 0 Å². The molecule has 2 saturated heterocycles. The van der Waals surface area contributed by atoms with E-state index in [0.717, 1.165) is 19.4 Å². The van der Waals surface area contributed by atoms with Gasteiger partial charge in [-0.2, -0.15) is 0 Å². The van der Waals surface area contributed by atoms with Crippen molar-refractivity contribution in [2.45, 2.75) is 38.6 Å². The van der Waals surface area contributed by atoms with Gasteiger partial charge in [0.15, 0.2) is 5.82 Å². The van der Waals surface area contributed by atoms with Crippen LogP contribution in [0.5, 0.6) is 0 Å². The molecule has 1 aromatic heterocycles. The van der Waals surface area contributed by atoms with Gasteiger partial charge >= 0.3 is 0 Å². The number of likely N-dealkylation sites (tertiary alicyclic amines) is 1. The second-order valence-corrected chi connectivity index (χ2v) is 6.06. The van der Waals surface area contributed by atoms with Crippen molar-refractivity contribution in [2.24, 2.45) is 5.92 Å². The summed E-state index contributed by atoms with van der Waals surface area (Å²) in [6.45, 7) is 4.00. The van der Waals surface area contributed by atoms with Crippen molar-refractivity contribution in [3.8, 4) is 0 Å². The Kier molecular flexibility index (Phi) is 6.01. The van der Waals surface area contributed by atoms with Crippen molar-refractivity contribution in [1.29, 1.82) is 0 Å². The number of aromatic nitrogens is 1. The summed E-state index contributed by atoms with van der Waals surface area (Å²) in [4.78, 5) is 26.4. The highest BCUT2D eigenvalue weighted by Crippen LogP contribution is 2.21. The van der Waals surface area contributed by atoms with Gasteiger partial charge in [0.2, 0.25) is 11.8 Å². The van der Waals surface area contributed by atoms with Crippen molar-refractivity contribution in [3.63, 3.8) is 0 Å². The van der Waals surface area contributed by atoms with Crippen LogP contribution in [-0.4, -0.2) is 47.5 Å². The van der Waals surface area contributed by atoms with Crippen LogP contribution in [-0.2, 0) is 9.59 Å². The fraction of sp³-hybridized carbons (Fsp3) is 0.667. The SMILES string of the molecule is Cc1cc(NC(=O)C2CCN(C(=O)C3CCCN3)CC2)no1.Cl. The maximum atomic E-state index is 12.3. The number of hydrogen-bond donors (Lipinski definition) is 2. The third kappa shape index (κ3) is 4.23. The van der Waals surface area contributed by atoms with E-state index in [1.54, 1.807) is 13.0 Å². The van der Waals surface area contributed by atoms with Gasteiger partial charge in [-0.3, -0.25) is 9.59 Å². The van der Waals surface area contributed by atoms with Crippen LogP contribution < -0.4 is 10.6 Å². The molecule has 1 unspecified atom stereocenters. The smallest absolute Gasteiger partial charge is 0.239 e. The average molecular weight is 343 g/mol. The summed E-state index contributed by atoms with van der Waals surface area (Å²) < 4.78 is 4.93. The van der Waals surface area contributed by atoms with Crippen molar-refractivity contribution in [1.82, 2.24) is 15.4 Å². The number of amides is 2. The van der Waals surface area contributed by atoms with Crippen molar-refractivity contribution >= 4 is 30.0 Å². The van der Waals surface area contributed by atoms with Gasteiger partial charge in [-0.1, -0.05) is 5.16 Å². The Morgan fingerprint density at radius 3 is 2.65 bits per heavy atom. The third-order valence-corrected chi connectivity index (χ3v) is 4.42. The Morgan fingerprint density at radius 1 is 1.35 bits per heavy atom. The van der Waals surface area contributed by atoms with Gasteiger partial charge in [0.1, 0.15) is 5.76 Å². The molecule has 0 aliphatic carbocycles. The molecule has 2 aliphatic rings. The second kappa shape index (κ2) is 7.79. The lowest BCUT2D eigenvalue weighted by molar-refractivity contribution is -0.136. The topological polar surface area (TPSA) is 87.5 Å². The standard InChI is InChI=1S/C15H22N4O3.ClH/c1-10-9-13(18-22-10)17-14(20)11-4-7-19(8-5-11)15(21)12-3-2-6-16-12;/h9,11-12,16H,2-8H2,1H3,(H,17,18,20);1H. The van der Waals surface area contributed by atoms with E-state index in [1.165, 1.54) is 0 Å². The van der Waals surface area contributed by atoms with Crippen molar-refractivity contribution < 1.29 is 14.1 Å². The lowest BCUT2D eigenvalue weighted by Gasteiger charge is -2.32.